The van der Waals surface area contributed by atoms with Crippen molar-refractivity contribution in [2.75, 3.05) is 17.6 Å². The van der Waals surface area contributed by atoms with Gasteiger partial charge in [-0.2, -0.15) is 0 Å². The van der Waals surface area contributed by atoms with Gasteiger partial charge in [-0.3, -0.25) is 10.1 Å². The van der Waals surface area contributed by atoms with Crippen molar-refractivity contribution in [3.8, 4) is 0 Å². The Labute approximate surface area is 98.8 Å². The van der Waals surface area contributed by atoms with Gasteiger partial charge >= 0.3 is 0 Å². The summed E-state index contributed by atoms with van der Waals surface area (Å²) in [6, 6.07) is 4.57. The number of hydrogen-bond donors (Lipinski definition) is 2. The monoisotopic (exact) mass is 259 g/mol. The summed E-state index contributed by atoms with van der Waals surface area (Å²) in [6.07, 6.45) is 0. The quantitative estimate of drug-likeness (QED) is 0.593. The Morgan fingerprint density at radius 1 is 1.47 bits per heavy atom. The number of hydrogen-bond acceptors (Lipinski definition) is 5. The fourth-order valence-corrected chi connectivity index (χ4v) is 1.73. The van der Waals surface area contributed by atoms with Crippen molar-refractivity contribution in [2.24, 2.45) is 5.14 Å². The molecular formula is C9H13N3O4S. The van der Waals surface area contributed by atoms with Crippen molar-refractivity contribution >= 4 is 21.4 Å². The minimum atomic E-state index is -3.53. The summed E-state index contributed by atoms with van der Waals surface area (Å²) in [6.45, 7) is 1.71. The SMILES string of the molecule is Cc1c(NCCS(N)(=O)=O)cccc1[N+](=O)[O-]. The maximum Gasteiger partial charge on any atom is 0.274 e. The molecule has 0 aliphatic carbocycles. The molecule has 8 heteroatoms. The molecule has 0 bridgehead atoms. The average Bonchev–Trinajstić information content (AvgIpc) is 2.18. The highest BCUT2D eigenvalue weighted by Gasteiger charge is 2.13. The van der Waals surface area contributed by atoms with Crippen LogP contribution in [0, 0.1) is 17.0 Å². The molecule has 0 aliphatic heterocycles. The largest absolute Gasteiger partial charge is 0.384 e. The second-order valence-corrected chi connectivity index (χ2v) is 5.23. The van der Waals surface area contributed by atoms with E-state index in [4.69, 9.17) is 5.14 Å². The van der Waals surface area contributed by atoms with E-state index in [0.717, 1.165) is 0 Å². The van der Waals surface area contributed by atoms with Gasteiger partial charge in [-0.1, -0.05) is 6.07 Å². The number of nitro benzene ring substituents is 1. The van der Waals surface area contributed by atoms with Crippen molar-refractivity contribution in [1.82, 2.24) is 0 Å². The molecule has 0 aliphatic rings. The van der Waals surface area contributed by atoms with Gasteiger partial charge in [0.15, 0.2) is 0 Å². The van der Waals surface area contributed by atoms with Gasteiger partial charge in [0.1, 0.15) is 0 Å². The molecular weight excluding hydrogens is 246 g/mol. The Kier molecular flexibility index (Phi) is 4.02. The lowest BCUT2D eigenvalue weighted by molar-refractivity contribution is -0.385. The van der Waals surface area contributed by atoms with Crippen molar-refractivity contribution < 1.29 is 13.3 Å². The third-order valence-corrected chi connectivity index (χ3v) is 2.98. The van der Waals surface area contributed by atoms with Crippen LogP contribution < -0.4 is 10.5 Å². The highest BCUT2D eigenvalue weighted by molar-refractivity contribution is 7.89. The number of sulfonamides is 1. The second kappa shape index (κ2) is 5.11. The lowest BCUT2D eigenvalue weighted by Crippen LogP contribution is -2.22. The Morgan fingerprint density at radius 3 is 2.65 bits per heavy atom. The first kappa shape index (κ1) is 13.4. The molecule has 3 N–H and O–H groups in total. The Balaban J connectivity index is 2.79. The zero-order valence-electron chi connectivity index (χ0n) is 9.21. The van der Waals surface area contributed by atoms with Gasteiger partial charge in [-0.25, -0.2) is 13.6 Å². The van der Waals surface area contributed by atoms with Crippen molar-refractivity contribution in [2.45, 2.75) is 6.92 Å². The number of benzene rings is 1. The first-order valence-electron chi connectivity index (χ1n) is 4.79. The topological polar surface area (TPSA) is 115 Å². The third kappa shape index (κ3) is 4.00. The fraction of sp³-hybridized carbons (Fsp3) is 0.333. The average molecular weight is 259 g/mol. The number of primary sulfonamides is 1. The zero-order chi connectivity index (χ0) is 13.1. The maximum atomic E-state index is 10.7. The Hall–Kier alpha value is -1.67. The lowest BCUT2D eigenvalue weighted by atomic mass is 10.1. The second-order valence-electron chi connectivity index (χ2n) is 3.50. The number of nitrogens with one attached hydrogen (secondary N) is 1. The van der Waals surface area contributed by atoms with E-state index in [1.54, 1.807) is 13.0 Å². The third-order valence-electron chi connectivity index (χ3n) is 2.20. The van der Waals surface area contributed by atoms with Crippen molar-refractivity contribution in [1.29, 1.82) is 0 Å². The van der Waals surface area contributed by atoms with Crippen LogP contribution >= 0.6 is 0 Å². The smallest absolute Gasteiger partial charge is 0.274 e. The molecule has 0 spiro atoms. The summed E-state index contributed by atoms with van der Waals surface area (Å²) in [5, 5.41) is 18.3. The van der Waals surface area contributed by atoms with E-state index in [1.165, 1.54) is 12.1 Å². The molecule has 1 aromatic rings. The van der Waals surface area contributed by atoms with Gasteiger partial charge in [0.25, 0.3) is 5.69 Å². The van der Waals surface area contributed by atoms with Crippen molar-refractivity contribution in [3.63, 3.8) is 0 Å². The van der Waals surface area contributed by atoms with Crippen LogP contribution in [0.4, 0.5) is 11.4 Å². The van der Waals surface area contributed by atoms with Gasteiger partial charge in [0.05, 0.1) is 10.7 Å². The molecule has 17 heavy (non-hydrogen) atoms. The Bertz CT molecular complexity index is 527. The maximum absolute atomic E-state index is 10.7. The van der Waals surface area contributed by atoms with Gasteiger partial charge in [0, 0.05) is 23.9 Å². The standard InChI is InChI=1S/C9H13N3O4S/c1-7-8(11-5-6-17(10,15)16)3-2-4-9(7)12(13)14/h2-4,11H,5-6H2,1H3,(H2,10,15,16). The van der Waals surface area contributed by atoms with Crippen LogP contribution in [-0.4, -0.2) is 25.6 Å². The van der Waals surface area contributed by atoms with Crippen LogP contribution in [-0.2, 0) is 10.0 Å². The van der Waals surface area contributed by atoms with Crippen molar-refractivity contribution in [3.05, 3.63) is 33.9 Å². The van der Waals surface area contributed by atoms with E-state index < -0.39 is 14.9 Å². The molecule has 0 unspecified atom stereocenters. The summed E-state index contributed by atoms with van der Waals surface area (Å²) < 4.78 is 21.4. The summed E-state index contributed by atoms with van der Waals surface area (Å²) >= 11 is 0. The highest BCUT2D eigenvalue weighted by atomic mass is 32.2. The molecule has 0 atom stereocenters. The lowest BCUT2D eigenvalue weighted by Gasteiger charge is -2.08. The first-order valence-corrected chi connectivity index (χ1v) is 6.51. The first-order chi connectivity index (χ1) is 7.81. The molecule has 0 aromatic heterocycles. The summed E-state index contributed by atoms with van der Waals surface area (Å²) in [5.74, 6) is -0.227. The molecule has 0 saturated heterocycles. The molecule has 1 rings (SSSR count). The van der Waals surface area contributed by atoms with Gasteiger partial charge in [-0.15, -0.1) is 0 Å². The summed E-state index contributed by atoms with van der Waals surface area (Å²) in [5.41, 5.74) is 0.986. The number of nitro groups is 1. The van der Waals surface area contributed by atoms with E-state index in [0.29, 0.717) is 11.3 Å². The summed E-state index contributed by atoms with van der Waals surface area (Å²) in [7, 11) is -3.53. The molecule has 0 amide bonds. The fourth-order valence-electron chi connectivity index (χ4n) is 1.34. The highest BCUT2D eigenvalue weighted by Crippen LogP contribution is 2.24. The molecule has 0 radical (unpaired) electrons. The van der Waals surface area contributed by atoms with Crippen LogP contribution in [0.1, 0.15) is 5.56 Å². The van der Waals surface area contributed by atoms with Crippen LogP contribution in [0.15, 0.2) is 18.2 Å². The molecule has 0 heterocycles. The zero-order valence-corrected chi connectivity index (χ0v) is 10.0. The molecule has 0 fully saturated rings. The van der Waals surface area contributed by atoms with Gasteiger partial charge in [-0.05, 0) is 13.0 Å². The van der Waals surface area contributed by atoms with Crippen LogP contribution in [0.3, 0.4) is 0 Å². The molecule has 1 aromatic carbocycles. The number of nitrogens with two attached hydrogens (primary N) is 1. The predicted molar refractivity (Wildman–Crippen MR) is 64.3 cm³/mol. The predicted octanol–water partition coefficient (Wildman–Crippen LogP) is 0.604. The number of anilines is 1. The number of nitrogens with zero attached hydrogens (tertiary/aromatic N) is 1. The minimum Gasteiger partial charge on any atom is -0.384 e. The van der Waals surface area contributed by atoms with Crippen LogP contribution in [0.5, 0.6) is 0 Å². The van der Waals surface area contributed by atoms with E-state index in [-0.39, 0.29) is 18.0 Å². The van der Waals surface area contributed by atoms with Gasteiger partial charge < -0.3 is 5.32 Å². The molecule has 94 valence electrons. The Morgan fingerprint density at radius 2 is 2.12 bits per heavy atom. The molecule has 7 nitrogen and oxygen atoms in total. The minimum absolute atomic E-state index is 0.00870. The van der Waals surface area contributed by atoms with E-state index in [1.807, 2.05) is 0 Å². The summed E-state index contributed by atoms with van der Waals surface area (Å²) in [4.78, 5) is 10.2. The number of rotatable bonds is 5. The van der Waals surface area contributed by atoms with Crippen LogP contribution in [0.25, 0.3) is 0 Å². The van der Waals surface area contributed by atoms with E-state index in [9.17, 15) is 18.5 Å². The van der Waals surface area contributed by atoms with E-state index in [2.05, 4.69) is 5.32 Å². The molecule has 0 saturated carbocycles. The normalized spacial score (nSPS) is 11.2. The van der Waals surface area contributed by atoms with E-state index >= 15 is 0 Å². The van der Waals surface area contributed by atoms with Crippen LogP contribution in [0.2, 0.25) is 0 Å². The van der Waals surface area contributed by atoms with Gasteiger partial charge in [0.2, 0.25) is 10.0 Å².